The van der Waals surface area contributed by atoms with Crippen molar-refractivity contribution >= 4 is 11.9 Å². The van der Waals surface area contributed by atoms with Gasteiger partial charge in [0.1, 0.15) is 5.69 Å². The van der Waals surface area contributed by atoms with Gasteiger partial charge in [0, 0.05) is 32.4 Å². The number of aliphatic carboxylic acids is 1. The van der Waals surface area contributed by atoms with E-state index in [0.717, 1.165) is 0 Å². The fourth-order valence-corrected chi connectivity index (χ4v) is 2.56. The molecule has 0 aliphatic carbocycles. The molecule has 1 aromatic heterocycles. The molecule has 1 aliphatic heterocycles. The summed E-state index contributed by atoms with van der Waals surface area (Å²) in [4.78, 5) is 29.3. The first-order chi connectivity index (χ1) is 9.52. The van der Waals surface area contributed by atoms with E-state index >= 15 is 0 Å². The lowest BCUT2D eigenvalue weighted by Crippen LogP contribution is -2.36. The van der Waals surface area contributed by atoms with E-state index in [2.05, 4.69) is 4.98 Å². The molecule has 1 fully saturated rings. The molecule has 0 aromatic carbocycles. The monoisotopic (exact) mass is 280 g/mol. The van der Waals surface area contributed by atoms with Gasteiger partial charge in [-0.15, -0.1) is 0 Å². The number of nitrogens with two attached hydrogens (primary N) is 1. The van der Waals surface area contributed by atoms with Crippen LogP contribution in [0.15, 0.2) is 12.5 Å². The van der Waals surface area contributed by atoms with Gasteiger partial charge in [-0.25, -0.2) is 4.98 Å². The van der Waals surface area contributed by atoms with Crippen LogP contribution in [0.2, 0.25) is 0 Å². The number of carbonyl (C=O) groups excluding carboxylic acids is 1. The highest BCUT2D eigenvalue weighted by molar-refractivity contribution is 5.93. The summed E-state index contributed by atoms with van der Waals surface area (Å²) in [5, 5.41) is 9.34. The SMILES string of the molecule is CCC1(C(=O)O)CCN(C(=O)c2cn(CCN)cn2)C1. The van der Waals surface area contributed by atoms with Crippen LogP contribution in [0.3, 0.4) is 0 Å². The van der Waals surface area contributed by atoms with Gasteiger partial charge in [-0.1, -0.05) is 6.92 Å². The van der Waals surface area contributed by atoms with Gasteiger partial charge in [0.05, 0.1) is 11.7 Å². The molecule has 0 spiro atoms. The number of carbonyl (C=O) groups is 2. The maximum atomic E-state index is 12.3. The number of carboxylic acids is 1. The lowest BCUT2D eigenvalue weighted by molar-refractivity contribution is -0.148. The lowest BCUT2D eigenvalue weighted by atomic mass is 9.84. The van der Waals surface area contributed by atoms with E-state index in [4.69, 9.17) is 5.73 Å². The average molecular weight is 280 g/mol. The van der Waals surface area contributed by atoms with E-state index in [9.17, 15) is 14.7 Å². The smallest absolute Gasteiger partial charge is 0.311 e. The Bertz CT molecular complexity index is 513. The molecular formula is C13H20N4O3. The summed E-state index contributed by atoms with van der Waals surface area (Å²) >= 11 is 0. The van der Waals surface area contributed by atoms with Gasteiger partial charge in [0.25, 0.3) is 5.91 Å². The van der Waals surface area contributed by atoms with Gasteiger partial charge in [0.2, 0.25) is 0 Å². The third-order valence-corrected chi connectivity index (χ3v) is 4.01. The highest BCUT2D eigenvalue weighted by Crippen LogP contribution is 2.34. The first-order valence-corrected chi connectivity index (χ1v) is 6.77. The first-order valence-electron chi connectivity index (χ1n) is 6.77. The summed E-state index contributed by atoms with van der Waals surface area (Å²) < 4.78 is 1.76. The molecule has 1 atom stereocenters. The van der Waals surface area contributed by atoms with Crippen molar-refractivity contribution in [3.63, 3.8) is 0 Å². The molecular weight excluding hydrogens is 260 g/mol. The molecule has 1 amide bonds. The van der Waals surface area contributed by atoms with Gasteiger partial charge in [-0.3, -0.25) is 9.59 Å². The van der Waals surface area contributed by atoms with Crippen molar-refractivity contribution in [3.05, 3.63) is 18.2 Å². The maximum absolute atomic E-state index is 12.3. The number of nitrogens with zero attached hydrogens (tertiary/aromatic N) is 3. The van der Waals surface area contributed by atoms with Crippen molar-refractivity contribution in [2.45, 2.75) is 26.3 Å². The van der Waals surface area contributed by atoms with Crippen LogP contribution in [0.1, 0.15) is 30.3 Å². The standard InChI is InChI=1S/C13H20N4O3/c1-2-13(12(19)20)3-5-17(8-13)11(18)10-7-16(6-4-14)9-15-10/h7,9H,2-6,8,14H2,1H3,(H,19,20). The van der Waals surface area contributed by atoms with Crippen molar-refractivity contribution in [2.24, 2.45) is 11.1 Å². The average Bonchev–Trinajstić information content (AvgIpc) is 3.05. The number of carboxylic acid groups (broad SMARTS) is 1. The number of aromatic nitrogens is 2. The highest BCUT2D eigenvalue weighted by atomic mass is 16.4. The summed E-state index contributed by atoms with van der Waals surface area (Å²) in [5.41, 5.74) is 4.98. The van der Waals surface area contributed by atoms with Gasteiger partial charge < -0.3 is 20.3 Å². The molecule has 3 N–H and O–H groups in total. The van der Waals surface area contributed by atoms with E-state index in [1.54, 1.807) is 22.0 Å². The van der Waals surface area contributed by atoms with E-state index in [1.807, 2.05) is 6.92 Å². The lowest BCUT2D eigenvalue weighted by Gasteiger charge is -2.22. The van der Waals surface area contributed by atoms with Gasteiger partial charge in [0.15, 0.2) is 0 Å². The first kappa shape index (κ1) is 14.5. The number of rotatable bonds is 5. The summed E-state index contributed by atoms with van der Waals surface area (Å²) in [6, 6.07) is 0. The van der Waals surface area contributed by atoms with Gasteiger partial charge in [-0.2, -0.15) is 0 Å². The predicted molar refractivity (Wildman–Crippen MR) is 72.2 cm³/mol. The van der Waals surface area contributed by atoms with Crippen LogP contribution in [0.25, 0.3) is 0 Å². The van der Waals surface area contributed by atoms with Crippen molar-refractivity contribution in [2.75, 3.05) is 19.6 Å². The van der Waals surface area contributed by atoms with Crippen LogP contribution in [0.5, 0.6) is 0 Å². The van der Waals surface area contributed by atoms with Crippen LogP contribution in [-0.4, -0.2) is 51.1 Å². The Labute approximate surface area is 117 Å². The van der Waals surface area contributed by atoms with E-state index < -0.39 is 11.4 Å². The number of amides is 1. The Hall–Kier alpha value is -1.89. The predicted octanol–water partition coefficient (Wildman–Crippen LogP) is 0.169. The molecule has 1 aliphatic rings. The number of hydrogen-bond donors (Lipinski definition) is 2. The van der Waals surface area contributed by atoms with E-state index in [0.29, 0.717) is 38.2 Å². The van der Waals surface area contributed by atoms with Crippen molar-refractivity contribution in [3.8, 4) is 0 Å². The Morgan fingerprint density at radius 1 is 1.55 bits per heavy atom. The topological polar surface area (TPSA) is 101 Å². The molecule has 1 aromatic rings. The van der Waals surface area contributed by atoms with E-state index in [1.165, 1.54) is 0 Å². The molecule has 1 saturated heterocycles. The third-order valence-electron chi connectivity index (χ3n) is 4.01. The molecule has 7 nitrogen and oxygen atoms in total. The Kier molecular flexibility index (Phi) is 4.08. The molecule has 110 valence electrons. The Morgan fingerprint density at radius 2 is 2.30 bits per heavy atom. The number of hydrogen-bond acceptors (Lipinski definition) is 4. The normalized spacial score (nSPS) is 22.2. The zero-order chi connectivity index (χ0) is 14.8. The van der Waals surface area contributed by atoms with Crippen LogP contribution in [0.4, 0.5) is 0 Å². The second-order valence-corrected chi connectivity index (χ2v) is 5.20. The zero-order valence-electron chi connectivity index (χ0n) is 11.6. The molecule has 1 unspecified atom stereocenters. The summed E-state index contributed by atoms with van der Waals surface area (Å²) in [5.74, 6) is -1.04. The zero-order valence-corrected chi connectivity index (χ0v) is 11.6. The Morgan fingerprint density at radius 3 is 2.85 bits per heavy atom. The molecule has 0 bridgehead atoms. The molecule has 2 heterocycles. The highest BCUT2D eigenvalue weighted by Gasteiger charge is 2.45. The molecule has 0 radical (unpaired) electrons. The van der Waals surface area contributed by atoms with Crippen molar-refractivity contribution in [1.82, 2.24) is 14.5 Å². The fraction of sp³-hybridized carbons (Fsp3) is 0.615. The maximum Gasteiger partial charge on any atom is 0.311 e. The van der Waals surface area contributed by atoms with Crippen LogP contribution in [0, 0.1) is 5.41 Å². The van der Waals surface area contributed by atoms with Gasteiger partial charge >= 0.3 is 5.97 Å². The number of imidazole rings is 1. The van der Waals surface area contributed by atoms with Crippen molar-refractivity contribution in [1.29, 1.82) is 0 Å². The summed E-state index contributed by atoms with van der Waals surface area (Å²) in [7, 11) is 0. The third kappa shape index (κ3) is 2.53. The minimum atomic E-state index is -0.830. The Balaban J connectivity index is 2.09. The van der Waals surface area contributed by atoms with Gasteiger partial charge in [-0.05, 0) is 12.8 Å². The van der Waals surface area contributed by atoms with Crippen LogP contribution >= 0.6 is 0 Å². The second-order valence-electron chi connectivity index (χ2n) is 5.20. The molecule has 20 heavy (non-hydrogen) atoms. The van der Waals surface area contributed by atoms with Crippen molar-refractivity contribution < 1.29 is 14.7 Å². The summed E-state index contributed by atoms with van der Waals surface area (Å²) in [6.45, 7) is 3.64. The molecule has 7 heteroatoms. The van der Waals surface area contributed by atoms with Crippen LogP contribution < -0.4 is 5.73 Å². The van der Waals surface area contributed by atoms with Crippen LogP contribution in [-0.2, 0) is 11.3 Å². The quantitative estimate of drug-likeness (QED) is 0.800. The molecule has 2 rings (SSSR count). The van der Waals surface area contributed by atoms with E-state index in [-0.39, 0.29) is 12.5 Å². The molecule has 0 saturated carbocycles. The fourth-order valence-electron chi connectivity index (χ4n) is 2.56. The summed E-state index contributed by atoms with van der Waals surface area (Å²) in [6.07, 6.45) is 4.24. The largest absolute Gasteiger partial charge is 0.481 e. The second kappa shape index (κ2) is 5.62. The minimum absolute atomic E-state index is 0.211. The number of likely N-dealkylation sites (tertiary alicyclic amines) is 1. The minimum Gasteiger partial charge on any atom is -0.481 e.